The third kappa shape index (κ3) is 4.91. The Balaban J connectivity index is 2.09. The lowest BCUT2D eigenvalue weighted by molar-refractivity contribution is 0.0683. The summed E-state index contributed by atoms with van der Waals surface area (Å²) in [6.45, 7) is 0. The quantitative estimate of drug-likeness (QED) is 0.295. The first-order valence-electron chi connectivity index (χ1n) is 8.24. The Labute approximate surface area is 190 Å². The molecule has 0 aliphatic rings. The highest BCUT2D eigenvalue weighted by Gasteiger charge is 2.20. The van der Waals surface area contributed by atoms with E-state index >= 15 is 0 Å². The lowest BCUT2D eigenvalue weighted by Crippen LogP contribution is -2.09. The molecule has 0 bridgehead atoms. The van der Waals surface area contributed by atoms with Gasteiger partial charge in [0.05, 0.1) is 43.9 Å². The van der Waals surface area contributed by atoms with Gasteiger partial charge in [0.25, 0.3) is 0 Å². The molecule has 154 valence electrons. The number of rotatable bonds is 6. The second-order valence-electron chi connectivity index (χ2n) is 6.05. The number of anilines is 4. The summed E-state index contributed by atoms with van der Waals surface area (Å²) >= 11 is 24.0. The number of carbonyl (C=O) groups is 2. The van der Waals surface area contributed by atoms with Gasteiger partial charge in [0.1, 0.15) is 0 Å². The highest BCUT2D eigenvalue weighted by Crippen LogP contribution is 2.35. The lowest BCUT2D eigenvalue weighted by Gasteiger charge is -2.17. The van der Waals surface area contributed by atoms with Crippen LogP contribution in [0.25, 0.3) is 0 Å². The van der Waals surface area contributed by atoms with E-state index in [4.69, 9.17) is 46.4 Å². The fraction of sp³-hybridized carbons (Fsp3) is 0. The van der Waals surface area contributed by atoms with E-state index in [0.29, 0.717) is 21.4 Å². The molecule has 3 aromatic carbocycles. The van der Waals surface area contributed by atoms with Gasteiger partial charge in [-0.1, -0.05) is 46.4 Å². The molecule has 6 nitrogen and oxygen atoms in total. The Morgan fingerprint density at radius 1 is 0.600 bits per heavy atom. The third-order valence-corrected chi connectivity index (χ3v) is 5.12. The van der Waals surface area contributed by atoms with Gasteiger partial charge in [0.2, 0.25) is 0 Å². The summed E-state index contributed by atoms with van der Waals surface area (Å²) in [6.07, 6.45) is 0. The van der Waals surface area contributed by atoms with Crippen molar-refractivity contribution in [2.75, 3.05) is 10.6 Å². The van der Waals surface area contributed by atoms with E-state index in [0.717, 1.165) is 0 Å². The van der Waals surface area contributed by atoms with Crippen LogP contribution in [-0.2, 0) is 0 Å². The average Bonchev–Trinajstić information content (AvgIpc) is 2.66. The first-order chi connectivity index (χ1) is 14.2. The number of benzene rings is 3. The van der Waals surface area contributed by atoms with Crippen molar-refractivity contribution in [3.05, 3.63) is 79.7 Å². The van der Waals surface area contributed by atoms with E-state index in [-0.39, 0.29) is 32.5 Å². The van der Waals surface area contributed by atoms with Gasteiger partial charge in [0.15, 0.2) is 0 Å². The number of aromatic carboxylic acids is 2. The number of hydrogen-bond acceptors (Lipinski definition) is 4. The van der Waals surface area contributed by atoms with E-state index in [1.165, 1.54) is 24.3 Å². The molecular formula is C20H12Cl4N2O4. The maximum absolute atomic E-state index is 11.8. The zero-order valence-corrected chi connectivity index (χ0v) is 17.9. The van der Waals surface area contributed by atoms with Crippen LogP contribution in [0.4, 0.5) is 22.7 Å². The normalized spacial score (nSPS) is 10.5. The van der Waals surface area contributed by atoms with Crippen LogP contribution in [0, 0.1) is 0 Å². The van der Waals surface area contributed by atoms with Crippen LogP contribution in [-0.4, -0.2) is 22.2 Å². The predicted octanol–water partition coefficient (Wildman–Crippen LogP) is 7.18. The van der Waals surface area contributed by atoms with Crippen molar-refractivity contribution in [3.63, 3.8) is 0 Å². The van der Waals surface area contributed by atoms with Crippen LogP contribution in [0.3, 0.4) is 0 Å². The summed E-state index contributed by atoms with van der Waals surface area (Å²) in [4.78, 5) is 23.7. The number of hydrogen-bond donors (Lipinski definition) is 4. The third-order valence-electron chi connectivity index (χ3n) is 4.02. The minimum atomic E-state index is -1.27. The van der Waals surface area contributed by atoms with E-state index < -0.39 is 11.9 Å². The number of carboxylic acids is 2. The molecule has 0 atom stereocenters. The molecule has 0 aliphatic carbocycles. The topological polar surface area (TPSA) is 98.7 Å². The van der Waals surface area contributed by atoms with Crippen LogP contribution < -0.4 is 10.6 Å². The van der Waals surface area contributed by atoms with Gasteiger partial charge in [-0.3, -0.25) is 0 Å². The zero-order chi connectivity index (χ0) is 22.0. The van der Waals surface area contributed by atoms with E-state index in [9.17, 15) is 19.8 Å². The van der Waals surface area contributed by atoms with Crippen LogP contribution in [0.2, 0.25) is 20.1 Å². The minimum absolute atomic E-state index is 0.0388. The molecule has 0 spiro atoms. The predicted molar refractivity (Wildman–Crippen MR) is 120 cm³/mol. The monoisotopic (exact) mass is 484 g/mol. The van der Waals surface area contributed by atoms with E-state index in [1.54, 1.807) is 24.3 Å². The average molecular weight is 486 g/mol. The summed E-state index contributed by atoms with van der Waals surface area (Å²) in [5, 5.41) is 26.3. The van der Waals surface area contributed by atoms with Gasteiger partial charge in [-0.15, -0.1) is 0 Å². The summed E-state index contributed by atoms with van der Waals surface area (Å²) in [7, 11) is 0. The fourth-order valence-corrected chi connectivity index (χ4v) is 3.54. The first-order valence-corrected chi connectivity index (χ1v) is 9.75. The molecule has 3 aromatic rings. The number of carboxylic acid groups (broad SMARTS) is 2. The molecule has 0 saturated carbocycles. The lowest BCUT2D eigenvalue weighted by atomic mass is 10.0. The molecule has 0 aromatic heterocycles. The van der Waals surface area contributed by atoms with Crippen molar-refractivity contribution in [1.82, 2.24) is 0 Å². The molecule has 4 N–H and O–H groups in total. The maximum atomic E-state index is 11.8. The molecule has 0 aliphatic heterocycles. The summed E-state index contributed by atoms with van der Waals surface area (Å²) in [5.41, 5.74) is 0.439. The molecule has 3 rings (SSSR count). The summed E-state index contributed by atoms with van der Waals surface area (Å²) in [6, 6.07) is 11.6. The summed E-state index contributed by atoms with van der Waals surface area (Å²) < 4.78 is 0. The highest BCUT2D eigenvalue weighted by molar-refractivity contribution is 6.37. The van der Waals surface area contributed by atoms with Crippen molar-refractivity contribution in [1.29, 1.82) is 0 Å². The first kappa shape index (κ1) is 22.1. The Kier molecular flexibility index (Phi) is 6.63. The Morgan fingerprint density at radius 2 is 0.967 bits per heavy atom. The van der Waals surface area contributed by atoms with Crippen LogP contribution in [0.15, 0.2) is 48.5 Å². The van der Waals surface area contributed by atoms with Crippen LogP contribution >= 0.6 is 46.4 Å². The Hall–Kier alpha value is -2.64. The SMILES string of the molecule is O=C(O)c1cc(Nc2ccc(Cl)cc2Cl)c(C(=O)O)cc1Nc1ccc(Cl)cc1Cl. The molecule has 10 heteroatoms. The standard InChI is InChI=1S/C20H12Cl4N2O4/c21-9-1-3-15(13(23)5-9)25-17-7-12(20(29)30)18(8-11(17)19(27)28)26-16-4-2-10(22)6-14(16)24/h1-8,25-26H,(H,27,28)(H,29,30). The van der Waals surface area contributed by atoms with Gasteiger partial charge < -0.3 is 20.8 Å². The van der Waals surface area contributed by atoms with Gasteiger partial charge in [0, 0.05) is 10.0 Å². The zero-order valence-electron chi connectivity index (χ0n) is 14.8. The molecule has 0 fully saturated rings. The van der Waals surface area contributed by atoms with E-state index in [1.807, 2.05) is 0 Å². The molecule has 0 saturated heterocycles. The largest absolute Gasteiger partial charge is 0.478 e. The second-order valence-corrected chi connectivity index (χ2v) is 7.74. The Bertz CT molecular complexity index is 1080. The molecule has 0 radical (unpaired) electrons. The Morgan fingerprint density at radius 3 is 1.27 bits per heavy atom. The molecule has 30 heavy (non-hydrogen) atoms. The van der Waals surface area contributed by atoms with Crippen molar-refractivity contribution in [2.45, 2.75) is 0 Å². The van der Waals surface area contributed by atoms with Crippen molar-refractivity contribution in [2.24, 2.45) is 0 Å². The van der Waals surface area contributed by atoms with E-state index in [2.05, 4.69) is 10.6 Å². The molecular weight excluding hydrogens is 474 g/mol. The highest BCUT2D eigenvalue weighted by atomic mass is 35.5. The van der Waals surface area contributed by atoms with Crippen LogP contribution in [0.5, 0.6) is 0 Å². The smallest absolute Gasteiger partial charge is 0.337 e. The maximum Gasteiger partial charge on any atom is 0.337 e. The molecule has 0 amide bonds. The van der Waals surface area contributed by atoms with Gasteiger partial charge in [-0.2, -0.15) is 0 Å². The van der Waals surface area contributed by atoms with Crippen molar-refractivity contribution in [3.8, 4) is 0 Å². The molecule has 0 heterocycles. The molecule has 0 unspecified atom stereocenters. The second kappa shape index (κ2) is 9.02. The van der Waals surface area contributed by atoms with Crippen molar-refractivity contribution >= 4 is 81.1 Å². The van der Waals surface area contributed by atoms with Crippen molar-refractivity contribution < 1.29 is 19.8 Å². The van der Waals surface area contributed by atoms with Gasteiger partial charge in [-0.05, 0) is 48.5 Å². The number of halogens is 4. The fourth-order valence-electron chi connectivity index (χ4n) is 2.63. The van der Waals surface area contributed by atoms with Gasteiger partial charge >= 0.3 is 11.9 Å². The van der Waals surface area contributed by atoms with Gasteiger partial charge in [-0.25, -0.2) is 9.59 Å². The van der Waals surface area contributed by atoms with Crippen LogP contribution in [0.1, 0.15) is 20.7 Å². The summed E-state index contributed by atoms with van der Waals surface area (Å²) in [5.74, 6) is -2.55. The number of nitrogens with one attached hydrogen (secondary N) is 2. The minimum Gasteiger partial charge on any atom is -0.478 e.